The lowest BCUT2D eigenvalue weighted by Crippen LogP contribution is -2.13. The number of halogens is 1. The molecule has 0 aliphatic carbocycles. The highest BCUT2D eigenvalue weighted by atomic mass is 35.5. The zero-order valence-electron chi connectivity index (χ0n) is 15.1. The van der Waals surface area contributed by atoms with Crippen LogP contribution in [0.3, 0.4) is 0 Å². The van der Waals surface area contributed by atoms with Gasteiger partial charge in [-0.2, -0.15) is 0 Å². The molecule has 0 saturated heterocycles. The molecule has 27 heavy (non-hydrogen) atoms. The van der Waals surface area contributed by atoms with Crippen LogP contribution in [0.4, 0.5) is 11.4 Å². The third-order valence-corrected chi connectivity index (χ3v) is 5.30. The zero-order chi connectivity index (χ0) is 19.6. The first-order valence-electron chi connectivity index (χ1n) is 8.26. The van der Waals surface area contributed by atoms with Gasteiger partial charge in [0.1, 0.15) is 10.7 Å². The Kier molecular flexibility index (Phi) is 5.58. The summed E-state index contributed by atoms with van der Waals surface area (Å²) in [6.45, 7) is 5.22. The third kappa shape index (κ3) is 4.53. The van der Waals surface area contributed by atoms with Crippen LogP contribution in [0.25, 0.3) is 10.6 Å². The van der Waals surface area contributed by atoms with Gasteiger partial charge in [0.2, 0.25) is 5.91 Å². The van der Waals surface area contributed by atoms with E-state index in [1.54, 1.807) is 18.2 Å². The standard InChI is InChI=1S/C20H18ClN3O2S/c1-11-7-8-16(10-17(11)21)23-19(26)18-12(2)27-20(24-18)14-5-4-6-15(9-14)22-13(3)25/h4-10H,1-3H3,(H,22,25)(H,23,26). The van der Waals surface area contributed by atoms with Crippen LogP contribution in [0.5, 0.6) is 0 Å². The summed E-state index contributed by atoms with van der Waals surface area (Å²) in [5.41, 5.74) is 3.47. The minimum absolute atomic E-state index is 0.140. The van der Waals surface area contributed by atoms with Crippen molar-refractivity contribution in [2.75, 3.05) is 10.6 Å². The Morgan fingerprint density at radius 3 is 2.48 bits per heavy atom. The second-order valence-corrected chi connectivity index (χ2v) is 7.71. The highest BCUT2D eigenvalue weighted by molar-refractivity contribution is 7.15. The molecule has 0 radical (unpaired) electrons. The average Bonchev–Trinajstić information content (AvgIpc) is 3.00. The lowest BCUT2D eigenvalue weighted by Gasteiger charge is -2.06. The van der Waals surface area contributed by atoms with E-state index in [9.17, 15) is 9.59 Å². The molecule has 0 bridgehead atoms. The molecule has 2 amide bonds. The number of benzene rings is 2. The molecule has 3 rings (SSSR count). The van der Waals surface area contributed by atoms with E-state index in [-0.39, 0.29) is 11.8 Å². The number of rotatable bonds is 4. The van der Waals surface area contributed by atoms with Crippen LogP contribution in [0.2, 0.25) is 5.02 Å². The van der Waals surface area contributed by atoms with Gasteiger partial charge < -0.3 is 10.6 Å². The molecular weight excluding hydrogens is 382 g/mol. The van der Waals surface area contributed by atoms with Gasteiger partial charge in [0.05, 0.1) is 0 Å². The second kappa shape index (κ2) is 7.90. The van der Waals surface area contributed by atoms with Gasteiger partial charge in [-0.05, 0) is 43.7 Å². The molecule has 5 nitrogen and oxygen atoms in total. The van der Waals surface area contributed by atoms with E-state index in [1.807, 2.05) is 38.1 Å². The number of hydrogen-bond donors (Lipinski definition) is 2. The number of amides is 2. The smallest absolute Gasteiger partial charge is 0.275 e. The van der Waals surface area contributed by atoms with Gasteiger partial charge in [0.25, 0.3) is 5.91 Å². The molecule has 2 aromatic carbocycles. The number of aryl methyl sites for hydroxylation is 2. The van der Waals surface area contributed by atoms with Crippen molar-refractivity contribution >= 4 is 46.1 Å². The summed E-state index contributed by atoms with van der Waals surface area (Å²) >= 11 is 7.54. The van der Waals surface area contributed by atoms with E-state index < -0.39 is 0 Å². The molecule has 0 fully saturated rings. The molecule has 2 N–H and O–H groups in total. The molecule has 0 spiro atoms. The first kappa shape index (κ1) is 19.1. The summed E-state index contributed by atoms with van der Waals surface area (Å²) in [4.78, 5) is 29.2. The Labute approximate surface area is 166 Å². The lowest BCUT2D eigenvalue weighted by atomic mass is 10.2. The topological polar surface area (TPSA) is 71.1 Å². The van der Waals surface area contributed by atoms with Crippen LogP contribution in [0.1, 0.15) is 27.9 Å². The van der Waals surface area contributed by atoms with Gasteiger partial charge in [-0.15, -0.1) is 11.3 Å². The van der Waals surface area contributed by atoms with E-state index in [2.05, 4.69) is 15.6 Å². The minimum atomic E-state index is -0.284. The van der Waals surface area contributed by atoms with Gasteiger partial charge in [0.15, 0.2) is 0 Å². The number of carbonyl (C=O) groups excluding carboxylic acids is 2. The van der Waals surface area contributed by atoms with Crippen LogP contribution in [0.15, 0.2) is 42.5 Å². The molecule has 1 aromatic heterocycles. The quantitative estimate of drug-likeness (QED) is 0.626. The molecular formula is C20H18ClN3O2S. The minimum Gasteiger partial charge on any atom is -0.326 e. The van der Waals surface area contributed by atoms with Gasteiger partial charge in [0, 0.05) is 33.8 Å². The Bertz CT molecular complexity index is 1030. The van der Waals surface area contributed by atoms with Crippen LogP contribution >= 0.6 is 22.9 Å². The molecule has 0 saturated carbocycles. The Hall–Kier alpha value is -2.70. The van der Waals surface area contributed by atoms with E-state index in [4.69, 9.17) is 11.6 Å². The number of thiazole rings is 1. The van der Waals surface area contributed by atoms with Gasteiger partial charge in [-0.25, -0.2) is 4.98 Å². The van der Waals surface area contributed by atoms with Crippen molar-refractivity contribution in [3.8, 4) is 10.6 Å². The van der Waals surface area contributed by atoms with Crippen molar-refractivity contribution in [2.24, 2.45) is 0 Å². The molecule has 138 valence electrons. The number of carbonyl (C=O) groups is 2. The molecule has 0 unspecified atom stereocenters. The SMILES string of the molecule is CC(=O)Nc1cccc(-c2nc(C(=O)Nc3ccc(C)c(Cl)c3)c(C)s2)c1. The Morgan fingerprint density at radius 2 is 1.78 bits per heavy atom. The Morgan fingerprint density at radius 1 is 1.04 bits per heavy atom. The molecule has 0 aliphatic heterocycles. The maximum absolute atomic E-state index is 12.6. The van der Waals surface area contributed by atoms with E-state index in [1.165, 1.54) is 18.3 Å². The fourth-order valence-electron chi connectivity index (χ4n) is 2.52. The lowest BCUT2D eigenvalue weighted by molar-refractivity contribution is -0.114. The maximum Gasteiger partial charge on any atom is 0.275 e. The van der Waals surface area contributed by atoms with E-state index in [0.29, 0.717) is 27.1 Å². The highest BCUT2D eigenvalue weighted by Gasteiger charge is 2.17. The number of nitrogens with one attached hydrogen (secondary N) is 2. The third-order valence-electron chi connectivity index (χ3n) is 3.87. The highest BCUT2D eigenvalue weighted by Crippen LogP contribution is 2.30. The van der Waals surface area contributed by atoms with Crippen molar-refractivity contribution in [1.82, 2.24) is 4.98 Å². The van der Waals surface area contributed by atoms with Crippen molar-refractivity contribution in [3.63, 3.8) is 0 Å². The number of hydrogen-bond acceptors (Lipinski definition) is 4. The zero-order valence-corrected chi connectivity index (χ0v) is 16.7. The number of nitrogens with zero attached hydrogens (tertiary/aromatic N) is 1. The van der Waals surface area contributed by atoms with E-state index in [0.717, 1.165) is 16.0 Å². The van der Waals surface area contributed by atoms with Gasteiger partial charge in [-0.3, -0.25) is 9.59 Å². The summed E-state index contributed by atoms with van der Waals surface area (Å²) in [5.74, 6) is -0.424. The second-order valence-electron chi connectivity index (χ2n) is 6.10. The largest absolute Gasteiger partial charge is 0.326 e. The van der Waals surface area contributed by atoms with Crippen molar-refractivity contribution < 1.29 is 9.59 Å². The number of anilines is 2. The molecule has 7 heteroatoms. The molecule has 0 aliphatic rings. The van der Waals surface area contributed by atoms with Crippen LogP contribution in [0, 0.1) is 13.8 Å². The molecule has 3 aromatic rings. The fraction of sp³-hybridized carbons (Fsp3) is 0.150. The summed E-state index contributed by atoms with van der Waals surface area (Å²) in [6, 6.07) is 12.7. The average molecular weight is 400 g/mol. The normalized spacial score (nSPS) is 10.5. The van der Waals surface area contributed by atoms with E-state index >= 15 is 0 Å². The van der Waals surface area contributed by atoms with Gasteiger partial charge >= 0.3 is 0 Å². The van der Waals surface area contributed by atoms with Crippen LogP contribution in [-0.2, 0) is 4.79 Å². The van der Waals surface area contributed by atoms with Crippen LogP contribution in [-0.4, -0.2) is 16.8 Å². The fourth-order valence-corrected chi connectivity index (χ4v) is 3.61. The van der Waals surface area contributed by atoms with Crippen molar-refractivity contribution in [2.45, 2.75) is 20.8 Å². The predicted molar refractivity (Wildman–Crippen MR) is 111 cm³/mol. The van der Waals surface area contributed by atoms with Crippen molar-refractivity contribution in [3.05, 3.63) is 63.6 Å². The summed E-state index contributed by atoms with van der Waals surface area (Å²) in [7, 11) is 0. The summed E-state index contributed by atoms with van der Waals surface area (Å²) < 4.78 is 0. The predicted octanol–water partition coefficient (Wildman–Crippen LogP) is 5.29. The number of aromatic nitrogens is 1. The summed E-state index contributed by atoms with van der Waals surface area (Å²) in [5, 5.41) is 6.89. The molecule has 0 atom stereocenters. The first-order chi connectivity index (χ1) is 12.8. The van der Waals surface area contributed by atoms with Gasteiger partial charge in [-0.1, -0.05) is 29.8 Å². The van der Waals surface area contributed by atoms with Crippen LogP contribution < -0.4 is 10.6 Å². The monoisotopic (exact) mass is 399 g/mol. The maximum atomic E-state index is 12.6. The first-order valence-corrected chi connectivity index (χ1v) is 9.46. The summed E-state index contributed by atoms with van der Waals surface area (Å²) in [6.07, 6.45) is 0. The Balaban J connectivity index is 1.84. The molecule has 1 heterocycles. The van der Waals surface area contributed by atoms with Crippen molar-refractivity contribution in [1.29, 1.82) is 0 Å².